The Bertz CT molecular complexity index is 943. The highest BCUT2D eigenvalue weighted by Crippen LogP contribution is 2.30. The summed E-state index contributed by atoms with van der Waals surface area (Å²) in [6, 6.07) is 11.7. The number of nitro benzene ring substituents is 1. The average Bonchev–Trinajstić information content (AvgIpc) is 2.78. The third kappa shape index (κ3) is 6.42. The Kier molecular flexibility index (Phi) is 7.83. The number of hydrazone groups is 1. The summed E-state index contributed by atoms with van der Waals surface area (Å²) in [4.78, 5) is 24.9. The van der Waals surface area contributed by atoms with Crippen molar-refractivity contribution in [3.8, 4) is 5.75 Å². The minimum Gasteiger partial charge on any atom is -0.484 e. The Labute approximate surface area is 186 Å². The van der Waals surface area contributed by atoms with E-state index in [4.69, 9.17) is 16.3 Å². The maximum absolute atomic E-state index is 12.0. The molecule has 0 bridgehead atoms. The van der Waals surface area contributed by atoms with E-state index in [-0.39, 0.29) is 12.3 Å². The molecule has 0 atom stereocenters. The van der Waals surface area contributed by atoms with Crippen LogP contribution in [0.2, 0.25) is 5.02 Å². The summed E-state index contributed by atoms with van der Waals surface area (Å²) < 4.78 is 5.38. The molecule has 164 valence electrons. The Morgan fingerprint density at radius 1 is 1.26 bits per heavy atom. The smallest absolute Gasteiger partial charge is 0.277 e. The Morgan fingerprint density at radius 2 is 1.97 bits per heavy atom. The molecule has 2 aromatic carbocycles. The number of benzene rings is 2. The second-order valence-electron chi connectivity index (χ2n) is 7.44. The first kappa shape index (κ1) is 22.6. The fourth-order valence-electron chi connectivity index (χ4n) is 3.63. The zero-order valence-corrected chi connectivity index (χ0v) is 18.0. The first-order valence-electron chi connectivity index (χ1n) is 10.2. The summed E-state index contributed by atoms with van der Waals surface area (Å²) in [7, 11) is 1.99. The van der Waals surface area contributed by atoms with E-state index < -0.39 is 10.8 Å². The van der Waals surface area contributed by atoms with Crippen molar-refractivity contribution in [2.45, 2.75) is 38.1 Å². The molecule has 0 radical (unpaired) electrons. The van der Waals surface area contributed by atoms with Crippen molar-refractivity contribution in [1.29, 1.82) is 0 Å². The average molecular weight is 445 g/mol. The van der Waals surface area contributed by atoms with Gasteiger partial charge in [0.05, 0.1) is 11.1 Å². The Morgan fingerprint density at radius 3 is 2.65 bits per heavy atom. The van der Waals surface area contributed by atoms with Crippen LogP contribution >= 0.6 is 11.6 Å². The quantitative estimate of drug-likeness (QED) is 0.366. The molecule has 0 aliphatic heterocycles. The van der Waals surface area contributed by atoms with Gasteiger partial charge in [-0.05, 0) is 43.2 Å². The van der Waals surface area contributed by atoms with Crippen LogP contribution in [0.5, 0.6) is 5.75 Å². The summed E-state index contributed by atoms with van der Waals surface area (Å²) in [5.41, 5.74) is 3.78. The lowest BCUT2D eigenvalue weighted by molar-refractivity contribution is -0.384. The van der Waals surface area contributed by atoms with Crippen molar-refractivity contribution >= 4 is 35.1 Å². The van der Waals surface area contributed by atoms with E-state index in [9.17, 15) is 14.9 Å². The van der Waals surface area contributed by atoms with Crippen molar-refractivity contribution < 1.29 is 14.5 Å². The van der Waals surface area contributed by atoms with Crippen LogP contribution < -0.4 is 15.1 Å². The summed E-state index contributed by atoms with van der Waals surface area (Å²) in [6.45, 7) is -0.220. The number of ether oxygens (including phenoxy) is 1. The highest BCUT2D eigenvalue weighted by molar-refractivity contribution is 6.30. The molecule has 1 aliphatic carbocycles. The van der Waals surface area contributed by atoms with Gasteiger partial charge in [0.15, 0.2) is 6.61 Å². The number of carbonyl (C=O) groups excluding carboxylic acids is 1. The summed E-state index contributed by atoms with van der Waals surface area (Å²) >= 11 is 5.82. The highest BCUT2D eigenvalue weighted by Gasteiger charge is 2.21. The second-order valence-corrected chi connectivity index (χ2v) is 7.88. The Balaban J connectivity index is 1.66. The van der Waals surface area contributed by atoms with Gasteiger partial charge in [0.25, 0.3) is 11.6 Å². The van der Waals surface area contributed by atoms with E-state index >= 15 is 0 Å². The van der Waals surface area contributed by atoms with E-state index in [1.54, 1.807) is 30.3 Å². The van der Waals surface area contributed by atoms with Crippen molar-refractivity contribution in [1.82, 2.24) is 5.43 Å². The number of rotatable bonds is 8. The summed E-state index contributed by atoms with van der Waals surface area (Å²) in [5.74, 6) is 0.0671. The van der Waals surface area contributed by atoms with E-state index in [0.29, 0.717) is 22.4 Å². The number of non-ortho nitro benzene ring substituents is 1. The van der Waals surface area contributed by atoms with Crippen LogP contribution in [0.3, 0.4) is 0 Å². The van der Waals surface area contributed by atoms with Crippen LogP contribution in [0.15, 0.2) is 47.6 Å². The van der Waals surface area contributed by atoms with Crippen LogP contribution in [0.4, 0.5) is 11.4 Å². The van der Waals surface area contributed by atoms with Crippen molar-refractivity contribution in [3.05, 3.63) is 63.2 Å². The number of anilines is 1. The van der Waals surface area contributed by atoms with Gasteiger partial charge < -0.3 is 9.64 Å². The number of nitro groups is 1. The van der Waals surface area contributed by atoms with Gasteiger partial charge in [0, 0.05) is 41.5 Å². The van der Waals surface area contributed by atoms with Crippen LogP contribution in [0.25, 0.3) is 0 Å². The molecule has 1 fully saturated rings. The third-order valence-electron chi connectivity index (χ3n) is 5.30. The lowest BCUT2D eigenvalue weighted by atomic mass is 9.94. The topological polar surface area (TPSA) is 97.1 Å². The van der Waals surface area contributed by atoms with Gasteiger partial charge in [-0.1, -0.05) is 30.9 Å². The molecule has 31 heavy (non-hydrogen) atoms. The number of hydrogen-bond donors (Lipinski definition) is 1. The lowest BCUT2D eigenvalue weighted by Crippen LogP contribution is -2.34. The first-order valence-corrected chi connectivity index (χ1v) is 10.5. The Hall–Kier alpha value is -3.13. The monoisotopic (exact) mass is 444 g/mol. The van der Waals surface area contributed by atoms with Crippen LogP contribution in [0.1, 0.15) is 37.7 Å². The van der Waals surface area contributed by atoms with E-state index in [2.05, 4.69) is 15.4 Å². The molecule has 1 N–H and O–H groups in total. The van der Waals surface area contributed by atoms with Gasteiger partial charge in [-0.3, -0.25) is 14.9 Å². The van der Waals surface area contributed by atoms with Crippen LogP contribution in [-0.2, 0) is 4.79 Å². The van der Waals surface area contributed by atoms with Gasteiger partial charge in [0.2, 0.25) is 0 Å². The molecule has 1 amide bonds. The van der Waals surface area contributed by atoms with Crippen LogP contribution in [-0.4, -0.2) is 36.7 Å². The SMILES string of the molecule is CN(c1ccc([N+](=O)[O-])cc1/C=N/NC(=O)COc1ccc(Cl)cc1)C1CCCCC1. The van der Waals surface area contributed by atoms with Gasteiger partial charge in [0.1, 0.15) is 5.75 Å². The molecule has 0 aromatic heterocycles. The molecule has 0 unspecified atom stereocenters. The number of halogens is 1. The zero-order chi connectivity index (χ0) is 22.2. The fraction of sp³-hybridized carbons (Fsp3) is 0.364. The largest absolute Gasteiger partial charge is 0.484 e. The van der Waals surface area contributed by atoms with E-state index in [1.807, 2.05) is 7.05 Å². The molecule has 9 heteroatoms. The minimum absolute atomic E-state index is 0.0281. The van der Waals surface area contributed by atoms with Crippen molar-refractivity contribution in [2.75, 3.05) is 18.6 Å². The molecule has 0 spiro atoms. The van der Waals surface area contributed by atoms with Crippen molar-refractivity contribution in [3.63, 3.8) is 0 Å². The minimum atomic E-state index is -0.446. The maximum Gasteiger partial charge on any atom is 0.277 e. The zero-order valence-electron chi connectivity index (χ0n) is 17.3. The fourth-order valence-corrected chi connectivity index (χ4v) is 3.76. The first-order chi connectivity index (χ1) is 14.9. The number of nitrogens with one attached hydrogen (secondary N) is 1. The predicted molar refractivity (Wildman–Crippen MR) is 121 cm³/mol. The highest BCUT2D eigenvalue weighted by atomic mass is 35.5. The molecule has 1 aliphatic rings. The van der Waals surface area contributed by atoms with Gasteiger partial charge >= 0.3 is 0 Å². The number of nitrogens with zero attached hydrogens (tertiary/aromatic N) is 3. The standard InChI is InChI=1S/C22H25ClN4O4/c1-26(18-5-3-2-4-6-18)21-12-9-19(27(29)30)13-16(21)14-24-25-22(28)15-31-20-10-7-17(23)8-11-20/h7-14,18H,2-6,15H2,1H3,(H,25,28)/b24-14+. The predicted octanol–water partition coefficient (Wildman–Crippen LogP) is 4.55. The molecular weight excluding hydrogens is 420 g/mol. The van der Waals surface area contributed by atoms with Crippen molar-refractivity contribution in [2.24, 2.45) is 5.10 Å². The van der Waals surface area contributed by atoms with Gasteiger partial charge in [-0.2, -0.15) is 5.10 Å². The number of carbonyl (C=O) groups is 1. The maximum atomic E-state index is 12.0. The molecule has 8 nitrogen and oxygen atoms in total. The lowest BCUT2D eigenvalue weighted by Gasteiger charge is -2.33. The summed E-state index contributed by atoms with van der Waals surface area (Å²) in [6.07, 6.45) is 7.20. The molecule has 3 rings (SSSR count). The number of hydrogen-bond acceptors (Lipinski definition) is 6. The van der Waals surface area contributed by atoms with Gasteiger partial charge in [-0.25, -0.2) is 5.43 Å². The molecule has 0 heterocycles. The third-order valence-corrected chi connectivity index (χ3v) is 5.55. The normalized spacial score (nSPS) is 14.4. The molecule has 0 saturated heterocycles. The molecule has 1 saturated carbocycles. The van der Waals surface area contributed by atoms with Crippen LogP contribution in [0, 0.1) is 10.1 Å². The second kappa shape index (κ2) is 10.8. The van der Waals surface area contributed by atoms with E-state index in [1.165, 1.54) is 37.6 Å². The summed E-state index contributed by atoms with van der Waals surface area (Å²) in [5, 5.41) is 15.8. The van der Waals surface area contributed by atoms with E-state index in [0.717, 1.165) is 18.5 Å². The molecule has 2 aromatic rings. The number of amides is 1. The molecular formula is C22H25ClN4O4. The van der Waals surface area contributed by atoms with Gasteiger partial charge in [-0.15, -0.1) is 0 Å².